The molecule has 2 rings (SSSR count). The number of carboxylic acids is 1. The van der Waals surface area contributed by atoms with Gasteiger partial charge >= 0.3 is 5.97 Å². The first-order valence-corrected chi connectivity index (χ1v) is 9.12. The number of carbonyl (C=O) groups excluding carboxylic acids is 3. The number of carboxylic acid groups (broad SMARTS) is 1. The summed E-state index contributed by atoms with van der Waals surface area (Å²) in [5.41, 5.74) is 0.888. The van der Waals surface area contributed by atoms with Crippen LogP contribution in [0.3, 0.4) is 0 Å². The van der Waals surface area contributed by atoms with Crippen molar-refractivity contribution in [2.75, 3.05) is 11.9 Å². The molecule has 1 N–H and O–H groups in total. The zero-order valence-electron chi connectivity index (χ0n) is 14.8. The van der Waals surface area contributed by atoms with Crippen molar-refractivity contribution in [3.05, 3.63) is 51.9 Å². The molecule has 6 nitrogen and oxygen atoms in total. The van der Waals surface area contributed by atoms with Crippen molar-refractivity contribution in [2.45, 2.75) is 27.2 Å². The van der Waals surface area contributed by atoms with Crippen molar-refractivity contribution in [3.63, 3.8) is 0 Å². The number of hydrogen-bond donors (Lipinski definition) is 1. The summed E-state index contributed by atoms with van der Waals surface area (Å²) in [4.78, 5) is 36.1. The van der Waals surface area contributed by atoms with Gasteiger partial charge in [-0.05, 0) is 36.3 Å². The topological polar surface area (TPSA) is 95.5 Å². The maximum absolute atomic E-state index is 12.6. The number of anilines is 1. The quantitative estimate of drug-likeness (QED) is 0.752. The van der Waals surface area contributed by atoms with Gasteiger partial charge in [-0.15, -0.1) is 11.3 Å². The van der Waals surface area contributed by atoms with Crippen molar-refractivity contribution in [1.29, 1.82) is 0 Å². The number of aromatic carboxylic acids is 1. The zero-order chi connectivity index (χ0) is 19.3. The number of amides is 1. The third-order valence-corrected chi connectivity index (χ3v) is 4.54. The Morgan fingerprint density at radius 3 is 2.42 bits per heavy atom. The first kappa shape index (κ1) is 19.7. The number of benzene rings is 1. The van der Waals surface area contributed by atoms with E-state index >= 15 is 0 Å². The van der Waals surface area contributed by atoms with Gasteiger partial charge < -0.3 is 20.0 Å². The van der Waals surface area contributed by atoms with Crippen molar-refractivity contribution < 1.29 is 24.2 Å². The van der Waals surface area contributed by atoms with Gasteiger partial charge in [0.2, 0.25) is 0 Å². The van der Waals surface area contributed by atoms with Gasteiger partial charge in [0.1, 0.15) is 5.00 Å². The van der Waals surface area contributed by atoms with Crippen LogP contribution in [-0.4, -0.2) is 24.5 Å². The van der Waals surface area contributed by atoms with Crippen LogP contribution in [0.5, 0.6) is 0 Å². The van der Waals surface area contributed by atoms with E-state index in [1.807, 2.05) is 19.2 Å². The molecule has 0 saturated carbocycles. The van der Waals surface area contributed by atoms with E-state index in [0.717, 1.165) is 5.56 Å². The molecule has 0 bridgehead atoms. The number of ether oxygens (including phenoxy) is 1. The number of carbonyl (C=O) groups is 3. The smallest absolute Gasteiger partial charge is 0.341 e. The molecule has 1 amide bonds. The molecule has 26 heavy (non-hydrogen) atoms. The largest absolute Gasteiger partial charge is 0.545 e. The molecule has 0 saturated heterocycles. The third kappa shape index (κ3) is 4.49. The second-order valence-electron chi connectivity index (χ2n) is 6.07. The van der Waals surface area contributed by atoms with Crippen molar-refractivity contribution in [2.24, 2.45) is 5.92 Å². The highest BCUT2D eigenvalue weighted by Gasteiger charge is 2.23. The molecule has 0 aliphatic rings. The molecule has 0 spiro atoms. The summed E-state index contributed by atoms with van der Waals surface area (Å²) in [6.07, 6.45) is 0.663. The minimum absolute atomic E-state index is 0.0267. The highest BCUT2D eigenvalue weighted by atomic mass is 32.1. The van der Waals surface area contributed by atoms with Gasteiger partial charge in [0.15, 0.2) is 0 Å². The Kier molecular flexibility index (Phi) is 6.52. The molecule has 7 heteroatoms. The number of thiophene rings is 1. The highest BCUT2D eigenvalue weighted by Crippen LogP contribution is 2.31. The van der Waals surface area contributed by atoms with E-state index in [1.165, 1.54) is 29.5 Å². The molecule has 0 radical (unpaired) electrons. The summed E-state index contributed by atoms with van der Waals surface area (Å²) in [5, 5.41) is 16.0. The normalized spacial score (nSPS) is 10.6. The third-order valence-electron chi connectivity index (χ3n) is 3.59. The Balaban J connectivity index is 2.37. The van der Waals surface area contributed by atoms with Crippen LogP contribution in [0.2, 0.25) is 0 Å². The summed E-state index contributed by atoms with van der Waals surface area (Å²) in [6.45, 7) is 5.99. The van der Waals surface area contributed by atoms with E-state index in [1.54, 1.807) is 13.0 Å². The van der Waals surface area contributed by atoms with Crippen LogP contribution in [0.1, 0.15) is 57.4 Å². The van der Waals surface area contributed by atoms with Gasteiger partial charge in [0, 0.05) is 11.1 Å². The molecule has 0 unspecified atom stereocenters. The van der Waals surface area contributed by atoms with Crippen molar-refractivity contribution >= 4 is 34.2 Å². The van der Waals surface area contributed by atoms with Gasteiger partial charge in [-0.3, -0.25) is 4.79 Å². The summed E-state index contributed by atoms with van der Waals surface area (Å²) < 4.78 is 5.11. The molecule has 1 heterocycles. The predicted molar refractivity (Wildman–Crippen MR) is 97.5 cm³/mol. The maximum atomic E-state index is 12.6. The minimum Gasteiger partial charge on any atom is -0.545 e. The molecule has 1 aromatic carbocycles. The van der Waals surface area contributed by atoms with Gasteiger partial charge in [0.05, 0.1) is 18.1 Å². The average Bonchev–Trinajstić information content (AvgIpc) is 2.96. The van der Waals surface area contributed by atoms with E-state index in [9.17, 15) is 19.5 Å². The Hall–Kier alpha value is -2.67. The first-order valence-electron chi connectivity index (χ1n) is 8.24. The SMILES string of the molecule is CCOC(=O)c1c(CC(C)C)csc1NC(=O)c1ccccc1C(=O)[O-]. The van der Waals surface area contributed by atoms with Crippen molar-refractivity contribution in [1.82, 2.24) is 0 Å². The minimum atomic E-state index is -1.44. The zero-order valence-corrected chi connectivity index (χ0v) is 15.6. The van der Waals surface area contributed by atoms with Crippen LogP contribution < -0.4 is 10.4 Å². The van der Waals surface area contributed by atoms with Crippen LogP contribution in [0.25, 0.3) is 0 Å². The fourth-order valence-corrected chi connectivity index (χ4v) is 3.49. The Bertz CT molecular complexity index is 825. The molecule has 2 aromatic rings. The number of esters is 1. The van der Waals surface area contributed by atoms with Gasteiger partial charge in [-0.1, -0.05) is 32.0 Å². The second kappa shape index (κ2) is 8.62. The molecule has 1 aromatic heterocycles. The molecular formula is C19H20NO5S-. The lowest BCUT2D eigenvalue weighted by atomic mass is 10.0. The molecule has 0 atom stereocenters. The summed E-state index contributed by atoms with van der Waals surface area (Å²) in [6, 6.07) is 5.77. The lowest BCUT2D eigenvalue weighted by Gasteiger charge is -2.12. The second-order valence-corrected chi connectivity index (χ2v) is 6.95. The molecule has 0 aliphatic carbocycles. The Labute approximate surface area is 155 Å². The Morgan fingerprint density at radius 2 is 1.85 bits per heavy atom. The van der Waals surface area contributed by atoms with Gasteiger partial charge in [0.25, 0.3) is 5.91 Å². The van der Waals surface area contributed by atoms with Gasteiger partial charge in [-0.25, -0.2) is 4.79 Å². The lowest BCUT2D eigenvalue weighted by Crippen LogP contribution is -2.26. The van der Waals surface area contributed by atoms with E-state index in [4.69, 9.17) is 4.74 Å². The molecule has 138 valence electrons. The summed E-state index contributed by atoms with van der Waals surface area (Å²) in [7, 11) is 0. The number of nitrogens with one attached hydrogen (secondary N) is 1. The predicted octanol–water partition coefficient (Wildman–Crippen LogP) is 2.74. The fourth-order valence-electron chi connectivity index (χ4n) is 2.53. The van der Waals surface area contributed by atoms with Crippen LogP contribution >= 0.6 is 11.3 Å². The van der Waals surface area contributed by atoms with E-state index in [0.29, 0.717) is 22.9 Å². The van der Waals surface area contributed by atoms with Gasteiger partial charge in [-0.2, -0.15) is 0 Å². The molecular weight excluding hydrogens is 354 g/mol. The average molecular weight is 374 g/mol. The van der Waals surface area contributed by atoms with E-state index in [2.05, 4.69) is 5.32 Å². The van der Waals surface area contributed by atoms with Crippen LogP contribution in [0.4, 0.5) is 5.00 Å². The van der Waals surface area contributed by atoms with E-state index < -0.39 is 17.8 Å². The first-order chi connectivity index (χ1) is 12.3. The number of hydrogen-bond acceptors (Lipinski definition) is 6. The van der Waals surface area contributed by atoms with Crippen LogP contribution in [0, 0.1) is 5.92 Å². The molecule has 0 aliphatic heterocycles. The maximum Gasteiger partial charge on any atom is 0.341 e. The summed E-state index contributed by atoms with van der Waals surface area (Å²) >= 11 is 1.21. The number of rotatable bonds is 7. The summed E-state index contributed by atoms with van der Waals surface area (Å²) in [5.74, 6) is -2.24. The lowest BCUT2D eigenvalue weighted by molar-refractivity contribution is -0.255. The monoisotopic (exact) mass is 374 g/mol. The highest BCUT2D eigenvalue weighted by molar-refractivity contribution is 7.15. The van der Waals surface area contributed by atoms with Crippen LogP contribution in [0.15, 0.2) is 29.6 Å². The molecule has 0 fully saturated rings. The Morgan fingerprint density at radius 1 is 1.19 bits per heavy atom. The van der Waals surface area contributed by atoms with E-state index in [-0.39, 0.29) is 17.7 Å². The van der Waals surface area contributed by atoms with Crippen LogP contribution in [-0.2, 0) is 11.2 Å². The fraction of sp³-hybridized carbons (Fsp3) is 0.316. The van der Waals surface area contributed by atoms with Crippen molar-refractivity contribution in [3.8, 4) is 0 Å². The standard InChI is InChI=1S/C19H21NO5S/c1-4-25-19(24)15-12(9-11(2)3)10-26-17(15)20-16(21)13-7-5-6-8-14(13)18(22)23/h5-8,10-11H,4,9H2,1-3H3,(H,20,21)(H,22,23)/p-1.